The first-order chi connectivity index (χ1) is 7.83. The molecule has 1 aromatic rings. The maximum atomic E-state index is 10.4. The molecule has 0 amide bonds. The lowest BCUT2D eigenvalue weighted by Crippen LogP contribution is -2.25. The Hall–Kier alpha value is -0.960. The second-order valence-corrected chi connectivity index (χ2v) is 4.70. The van der Waals surface area contributed by atoms with E-state index in [1.165, 1.54) is 25.6 Å². The summed E-state index contributed by atoms with van der Waals surface area (Å²) in [6.45, 7) is 2.22. The minimum Gasteiger partial charge on any atom is -0.387 e. The molecule has 3 heteroatoms. The fraction of sp³-hybridized carbons (Fsp3) is 0.692. The van der Waals surface area contributed by atoms with Crippen LogP contribution in [-0.4, -0.2) is 15.1 Å². The summed E-state index contributed by atoms with van der Waals surface area (Å²) in [5, 5.41) is 10.4. The molecule has 2 rings (SSSR count). The van der Waals surface area contributed by atoms with Crippen LogP contribution in [0.3, 0.4) is 0 Å². The van der Waals surface area contributed by atoms with Crippen LogP contribution in [0.15, 0.2) is 18.6 Å². The van der Waals surface area contributed by atoms with Crippen molar-refractivity contribution in [3.8, 4) is 0 Å². The van der Waals surface area contributed by atoms with Crippen molar-refractivity contribution in [3.63, 3.8) is 0 Å². The largest absolute Gasteiger partial charge is 0.387 e. The van der Waals surface area contributed by atoms with Gasteiger partial charge in [-0.3, -0.25) is 0 Å². The Morgan fingerprint density at radius 1 is 1.44 bits per heavy atom. The molecular weight excluding hydrogens is 200 g/mol. The molecule has 3 nitrogen and oxygen atoms in total. The first-order valence-corrected chi connectivity index (χ1v) is 6.27. The zero-order valence-corrected chi connectivity index (χ0v) is 9.84. The number of hydrogen-bond donors (Lipinski definition) is 1. The molecule has 0 bridgehead atoms. The van der Waals surface area contributed by atoms with Gasteiger partial charge in [-0.1, -0.05) is 32.6 Å². The summed E-state index contributed by atoms with van der Waals surface area (Å²) in [6.07, 6.45) is 8.90. The monoisotopic (exact) mass is 220 g/mol. The third-order valence-corrected chi connectivity index (χ3v) is 3.81. The van der Waals surface area contributed by atoms with Crippen LogP contribution in [0.25, 0.3) is 0 Å². The van der Waals surface area contributed by atoms with E-state index in [2.05, 4.69) is 16.9 Å². The van der Waals surface area contributed by atoms with Gasteiger partial charge in [-0.05, 0) is 24.3 Å². The quantitative estimate of drug-likeness (QED) is 0.852. The van der Waals surface area contributed by atoms with E-state index < -0.39 is 6.10 Å². The van der Waals surface area contributed by atoms with Gasteiger partial charge in [0.25, 0.3) is 0 Å². The van der Waals surface area contributed by atoms with Crippen molar-refractivity contribution in [2.75, 3.05) is 0 Å². The normalized spacial score (nSPS) is 27.6. The Balaban J connectivity index is 2.10. The zero-order chi connectivity index (χ0) is 11.4. The van der Waals surface area contributed by atoms with Crippen molar-refractivity contribution in [1.82, 2.24) is 9.97 Å². The standard InChI is InChI=1S/C13H20N2O/c1-2-10-5-3-4-6-11(10)13(16)12-7-8-14-9-15-12/h7-11,13,16H,2-6H2,1H3. The third-order valence-electron chi connectivity index (χ3n) is 3.81. The minimum atomic E-state index is -0.409. The lowest BCUT2D eigenvalue weighted by Gasteiger charge is -2.33. The minimum absolute atomic E-state index is 0.383. The highest BCUT2D eigenvalue weighted by Crippen LogP contribution is 2.39. The highest BCUT2D eigenvalue weighted by molar-refractivity contribution is 5.04. The van der Waals surface area contributed by atoms with E-state index in [1.54, 1.807) is 6.20 Å². The van der Waals surface area contributed by atoms with Crippen LogP contribution >= 0.6 is 0 Å². The van der Waals surface area contributed by atoms with Crippen molar-refractivity contribution in [2.24, 2.45) is 11.8 Å². The average Bonchev–Trinajstić information content (AvgIpc) is 2.39. The number of rotatable bonds is 3. The van der Waals surface area contributed by atoms with Gasteiger partial charge in [0.05, 0.1) is 11.8 Å². The van der Waals surface area contributed by atoms with E-state index in [0.29, 0.717) is 11.8 Å². The molecule has 0 radical (unpaired) electrons. The predicted molar refractivity (Wildman–Crippen MR) is 62.7 cm³/mol. The molecule has 3 unspecified atom stereocenters. The Morgan fingerprint density at radius 3 is 2.94 bits per heavy atom. The Morgan fingerprint density at radius 2 is 2.25 bits per heavy atom. The van der Waals surface area contributed by atoms with E-state index in [4.69, 9.17) is 0 Å². The van der Waals surface area contributed by atoms with Crippen molar-refractivity contribution in [2.45, 2.75) is 45.1 Å². The van der Waals surface area contributed by atoms with Gasteiger partial charge in [0.1, 0.15) is 6.33 Å². The van der Waals surface area contributed by atoms with Gasteiger partial charge in [0.2, 0.25) is 0 Å². The third kappa shape index (κ3) is 2.40. The Bertz CT molecular complexity index is 315. The van der Waals surface area contributed by atoms with Crippen molar-refractivity contribution >= 4 is 0 Å². The number of aliphatic hydroxyl groups is 1. The fourth-order valence-electron chi connectivity index (χ4n) is 2.85. The number of aliphatic hydroxyl groups excluding tert-OH is 1. The summed E-state index contributed by atoms with van der Waals surface area (Å²) >= 11 is 0. The molecular formula is C13H20N2O. The number of aromatic nitrogens is 2. The molecule has 1 aliphatic rings. The summed E-state index contributed by atoms with van der Waals surface area (Å²) in [4.78, 5) is 8.05. The molecule has 0 spiro atoms. The van der Waals surface area contributed by atoms with Crippen LogP contribution in [0.4, 0.5) is 0 Å². The van der Waals surface area contributed by atoms with Crippen molar-refractivity contribution in [3.05, 3.63) is 24.3 Å². The average molecular weight is 220 g/mol. The molecule has 1 saturated carbocycles. The van der Waals surface area contributed by atoms with Gasteiger partial charge < -0.3 is 5.11 Å². The van der Waals surface area contributed by atoms with Crippen LogP contribution in [0, 0.1) is 11.8 Å². The second-order valence-electron chi connectivity index (χ2n) is 4.70. The lowest BCUT2D eigenvalue weighted by atomic mass is 9.74. The molecule has 1 aliphatic carbocycles. The zero-order valence-electron chi connectivity index (χ0n) is 9.84. The van der Waals surface area contributed by atoms with Gasteiger partial charge >= 0.3 is 0 Å². The van der Waals surface area contributed by atoms with Gasteiger partial charge in [-0.15, -0.1) is 0 Å². The topological polar surface area (TPSA) is 46.0 Å². The molecule has 1 N–H and O–H groups in total. The van der Waals surface area contributed by atoms with E-state index in [1.807, 2.05) is 6.07 Å². The highest BCUT2D eigenvalue weighted by Gasteiger charge is 2.30. The number of nitrogens with zero attached hydrogens (tertiary/aromatic N) is 2. The molecule has 3 atom stereocenters. The Kier molecular flexibility index (Phi) is 3.88. The molecule has 0 aliphatic heterocycles. The first-order valence-electron chi connectivity index (χ1n) is 6.27. The predicted octanol–water partition coefficient (Wildman–Crippen LogP) is 2.73. The number of hydrogen-bond acceptors (Lipinski definition) is 3. The SMILES string of the molecule is CCC1CCCCC1C(O)c1ccncn1. The fourth-order valence-corrected chi connectivity index (χ4v) is 2.85. The summed E-state index contributed by atoms with van der Waals surface area (Å²) < 4.78 is 0. The summed E-state index contributed by atoms with van der Waals surface area (Å²) in [5.41, 5.74) is 0.778. The van der Waals surface area contributed by atoms with E-state index >= 15 is 0 Å². The lowest BCUT2D eigenvalue weighted by molar-refractivity contribution is 0.0421. The Labute approximate surface area is 96.9 Å². The summed E-state index contributed by atoms with van der Waals surface area (Å²) in [6, 6.07) is 1.83. The summed E-state index contributed by atoms with van der Waals surface area (Å²) in [5.74, 6) is 1.03. The molecule has 0 saturated heterocycles. The van der Waals surface area contributed by atoms with E-state index in [0.717, 1.165) is 18.5 Å². The molecule has 1 aromatic heterocycles. The summed E-state index contributed by atoms with van der Waals surface area (Å²) in [7, 11) is 0. The molecule has 1 heterocycles. The van der Waals surface area contributed by atoms with Crippen LogP contribution < -0.4 is 0 Å². The molecule has 16 heavy (non-hydrogen) atoms. The van der Waals surface area contributed by atoms with Gasteiger partial charge in [0.15, 0.2) is 0 Å². The molecule has 88 valence electrons. The maximum absolute atomic E-state index is 10.4. The van der Waals surface area contributed by atoms with Crippen LogP contribution in [-0.2, 0) is 0 Å². The van der Waals surface area contributed by atoms with E-state index in [-0.39, 0.29) is 0 Å². The maximum Gasteiger partial charge on any atom is 0.115 e. The van der Waals surface area contributed by atoms with Gasteiger partial charge in [-0.25, -0.2) is 9.97 Å². The first kappa shape index (κ1) is 11.5. The van der Waals surface area contributed by atoms with Crippen LogP contribution in [0.1, 0.15) is 50.8 Å². The molecule has 1 fully saturated rings. The van der Waals surface area contributed by atoms with Crippen LogP contribution in [0.2, 0.25) is 0 Å². The van der Waals surface area contributed by atoms with Crippen molar-refractivity contribution in [1.29, 1.82) is 0 Å². The van der Waals surface area contributed by atoms with Gasteiger partial charge in [-0.2, -0.15) is 0 Å². The second kappa shape index (κ2) is 5.39. The van der Waals surface area contributed by atoms with E-state index in [9.17, 15) is 5.11 Å². The van der Waals surface area contributed by atoms with Crippen molar-refractivity contribution < 1.29 is 5.11 Å². The molecule has 0 aromatic carbocycles. The smallest absolute Gasteiger partial charge is 0.115 e. The van der Waals surface area contributed by atoms with Gasteiger partial charge in [0, 0.05) is 6.20 Å². The highest BCUT2D eigenvalue weighted by atomic mass is 16.3. The van der Waals surface area contributed by atoms with Crippen LogP contribution in [0.5, 0.6) is 0 Å².